The zero-order valence-electron chi connectivity index (χ0n) is 9.10. The first-order valence-corrected chi connectivity index (χ1v) is 4.95. The second-order valence-electron chi connectivity index (χ2n) is 3.53. The normalized spacial score (nSPS) is 18.4. The quantitative estimate of drug-likeness (QED) is 0.700. The van der Waals surface area contributed by atoms with E-state index in [2.05, 4.69) is 5.32 Å². The molecule has 17 heavy (non-hydrogen) atoms. The van der Waals surface area contributed by atoms with Crippen molar-refractivity contribution in [1.29, 1.82) is 0 Å². The van der Waals surface area contributed by atoms with Crippen molar-refractivity contribution >= 4 is 23.8 Å². The van der Waals surface area contributed by atoms with Gasteiger partial charge in [-0.15, -0.1) is 0 Å². The minimum Gasteiger partial charge on any atom is -0.465 e. The lowest BCUT2D eigenvalue weighted by Crippen LogP contribution is -2.51. The van der Waals surface area contributed by atoms with E-state index in [-0.39, 0.29) is 12.2 Å². The fourth-order valence-electron chi connectivity index (χ4n) is 1.47. The van der Waals surface area contributed by atoms with Crippen LogP contribution < -0.4 is 5.32 Å². The predicted molar refractivity (Wildman–Crippen MR) is 57.2 cm³/mol. The first-order chi connectivity index (χ1) is 8.08. The third kappa shape index (κ3) is 2.25. The summed E-state index contributed by atoms with van der Waals surface area (Å²) in [5, 5.41) is 2.41. The van der Waals surface area contributed by atoms with Crippen LogP contribution in [0.15, 0.2) is 28.5 Å². The lowest BCUT2D eigenvalue weighted by molar-refractivity contribution is -0.147. The van der Waals surface area contributed by atoms with Crippen LogP contribution in [-0.2, 0) is 14.4 Å². The fourth-order valence-corrected chi connectivity index (χ4v) is 1.47. The van der Waals surface area contributed by atoms with Gasteiger partial charge in [-0.3, -0.25) is 19.3 Å². The first-order valence-electron chi connectivity index (χ1n) is 4.95. The molecule has 0 aliphatic carbocycles. The Balaban J connectivity index is 2.31. The maximum Gasteiger partial charge on any atom is 0.277 e. The van der Waals surface area contributed by atoms with Crippen molar-refractivity contribution in [2.45, 2.75) is 6.92 Å². The van der Waals surface area contributed by atoms with E-state index in [9.17, 15) is 14.4 Å². The van der Waals surface area contributed by atoms with Gasteiger partial charge in [0.15, 0.2) is 0 Å². The van der Waals surface area contributed by atoms with E-state index in [1.807, 2.05) is 0 Å². The van der Waals surface area contributed by atoms with E-state index < -0.39 is 17.7 Å². The SMILES string of the molecule is CC(=O)N1CC(=O)NC(=Cc2ccco2)C1=O. The van der Waals surface area contributed by atoms with Crippen LogP contribution in [0, 0.1) is 0 Å². The van der Waals surface area contributed by atoms with Gasteiger partial charge in [-0.1, -0.05) is 0 Å². The topological polar surface area (TPSA) is 79.6 Å². The Morgan fingerprint density at radius 2 is 2.29 bits per heavy atom. The molecule has 0 spiro atoms. The monoisotopic (exact) mass is 234 g/mol. The number of carbonyl (C=O) groups excluding carboxylic acids is 3. The summed E-state index contributed by atoms with van der Waals surface area (Å²) in [6.07, 6.45) is 2.83. The van der Waals surface area contributed by atoms with Crippen LogP contribution in [-0.4, -0.2) is 29.2 Å². The number of nitrogens with zero attached hydrogens (tertiary/aromatic N) is 1. The average molecular weight is 234 g/mol. The molecule has 1 fully saturated rings. The Morgan fingerprint density at radius 1 is 1.53 bits per heavy atom. The molecule has 0 aromatic carbocycles. The molecule has 0 bridgehead atoms. The zero-order valence-corrected chi connectivity index (χ0v) is 9.10. The van der Waals surface area contributed by atoms with Gasteiger partial charge in [0.25, 0.3) is 5.91 Å². The summed E-state index contributed by atoms with van der Waals surface area (Å²) >= 11 is 0. The number of amides is 3. The number of piperazine rings is 1. The number of imide groups is 1. The summed E-state index contributed by atoms with van der Waals surface area (Å²) in [5.41, 5.74) is 0.0337. The van der Waals surface area contributed by atoms with Crippen LogP contribution in [0.3, 0.4) is 0 Å². The van der Waals surface area contributed by atoms with E-state index in [0.717, 1.165) is 4.90 Å². The van der Waals surface area contributed by atoms with Crippen molar-refractivity contribution in [3.63, 3.8) is 0 Å². The molecule has 1 aromatic rings. The van der Waals surface area contributed by atoms with Gasteiger partial charge in [0, 0.05) is 13.0 Å². The molecule has 1 saturated heterocycles. The summed E-state index contributed by atoms with van der Waals surface area (Å²) in [6, 6.07) is 3.30. The Bertz CT molecular complexity index is 502. The van der Waals surface area contributed by atoms with E-state index in [4.69, 9.17) is 4.42 Å². The molecular weight excluding hydrogens is 224 g/mol. The number of rotatable bonds is 1. The van der Waals surface area contributed by atoms with Crippen molar-refractivity contribution in [3.05, 3.63) is 29.9 Å². The highest BCUT2D eigenvalue weighted by Crippen LogP contribution is 2.11. The van der Waals surface area contributed by atoms with Gasteiger partial charge in [-0.25, -0.2) is 0 Å². The van der Waals surface area contributed by atoms with E-state index in [0.29, 0.717) is 5.76 Å². The highest BCUT2D eigenvalue weighted by Gasteiger charge is 2.30. The van der Waals surface area contributed by atoms with E-state index in [1.165, 1.54) is 19.3 Å². The molecule has 0 radical (unpaired) electrons. The Hall–Kier alpha value is -2.37. The number of hydrogen-bond donors (Lipinski definition) is 1. The van der Waals surface area contributed by atoms with Crippen molar-refractivity contribution in [2.75, 3.05) is 6.54 Å². The maximum absolute atomic E-state index is 11.8. The van der Waals surface area contributed by atoms with Crippen molar-refractivity contribution in [3.8, 4) is 0 Å². The molecule has 1 N–H and O–H groups in total. The van der Waals surface area contributed by atoms with E-state index in [1.54, 1.807) is 12.1 Å². The highest BCUT2D eigenvalue weighted by atomic mass is 16.3. The standard InChI is InChI=1S/C11H10N2O4/c1-7(14)13-6-10(15)12-9(11(13)16)5-8-3-2-4-17-8/h2-5H,6H2,1H3,(H,12,15). The Kier molecular flexibility index (Phi) is 2.78. The van der Waals surface area contributed by atoms with Crippen LogP contribution in [0.1, 0.15) is 12.7 Å². The number of nitrogens with one attached hydrogen (secondary N) is 1. The van der Waals surface area contributed by atoms with Gasteiger partial charge in [-0.05, 0) is 12.1 Å². The molecule has 3 amide bonds. The Labute approximate surface area is 96.9 Å². The number of hydrogen-bond acceptors (Lipinski definition) is 4. The van der Waals surface area contributed by atoms with Crippen LogP contribution in [0.2, 0.25) is 0 Å². The minimum atomic E-state index is -0.534. The molecule has 0 atom stereocenters. The van der Waals surface area contributed by atoms with Gasteiger partial charge >= 0.3 is 0 Å². The van der Waals surface area contributed by atoms with Crippen molar-refractivity contribution in [1.82, 2.24) is 10.2 Å². The summed E-state index contributed by atoms with van der Waals surface area (Å²) in [6.45, 7) is 0.991. The number of furan rings is 1. The molecule has 0 unspecified atom stereocenters. The van der Waals surface area contributed by atoms with Gasteiger partial charge in [-0.2, -0.15) is 0 Å². The second kappa shape index (κ2) is 4.25. The smallest absolute Gasteiger partial charge is 0.277 e. The fraction of sp³-hybridized carbons (Fsp3) is 0.182. The van der Waals surface area contributed by atoms with Gasteiger partial charge < -0.3 is 9.73 Å². The van der Waals surface area contributed by atoms with Gasteiger partial charge in [0.05, 0.1) is 6.26 Å². The van der Waals surface area contributed by atoms with Crippen molar-refractivity contribution in [2.24, 2.45) is 0 Å². The molecule has 2 rings (SSSR count). The lowest BCUT2D eigenvalue weighted by Gasteiger charge is -2.25. The maximum atomic E-state index is 11.8. The molecule has 1 aliphatic rings. The first kappa shape index (κ1) is 11.1. The third-order valence-electron chi connectivity index (χ3n) is 2.26. The summed E-state index contributed by atoms with van der Waals surface area (Å²) in [7, 11) is 0. The molecule has 2 heterocycles. The summed E-state index contributed by atoms with van der Waals surface area (Å²) < 4.78 is 5.03. The second-order valence-corrected chi connectivity index (χ2v) is 3.53. The lowest BCUT2D eigenvalue weighted by atomic mass is 10.2. The Morgan fingerprint density at radius 3 is 2.88 bits per heavy atom. The molecule has 0 saturated carbocycles. The predicted octanol–water partition coefficient (Wildman–Crippen LogP) is 0.125. The highest BCUT2D eigenvalue weighted by molar-refractivity contribution is 6.12. The molecule has 1 aliphatic heterocycles. The van der Waals surface area contributed by atoms with E-state index >= 15 is 0 Å². The summed E-state index contributed by atoms with van der Waals surface area (Å²) in [4.78, 5) is 35.2. The van der Waals surface area contributed by atoms with Crippen molar-refractivity contribution < 1.29 is 18.8 Å². The van der Waals surface area contributed by atoms with Crippen LogP contribution in [0.5, 0.6) is 0 Å². The summed E-state index contributed by atoms with van der Waals surface area (Å²) in [5.74, 6) is -0.972. The van der Waals surface area contributed by atoms with Crippen LogP contribution >= 0.6 is 0 Å². The number of carbonyl (C=O) groups is 3. The molecule has 1 aromatic heterocycles. The minimum absolute atomic E-state index is 0.0337. The molecule has 6 heteroatoms. The third-order valence-corrected chi connectivity index (χ3v) is 2.26. The van der Waals surface area contributed by atoms with Crippen LogP contribution in [0.25, 0.3) is 6.08 Å². The zero-order chi connectivity index (χ0) is 12.4. The largest absolute Gasteiger partial charge is 0.465 e. The molecular formula is C11H10N2O4. The van der Waals surface area contributed by atoms with Gasteiger partial charge in [0.1, 0.15) is 18.0 Å². The average Bonchev–Trinajstić information content (AvgIpc) is 2.75. The molecule has 6 nitrogen and oxygen atoms in total. The van der Waals surface area contributed by atoms with Gasteiger partial charge in [0.2, 0.25) is 11.8 Å². The molecule has 88 valence electrons. The van der Waals surface area contributed by atoms with Crippen LogP contribution in [0.4, 0.5) is 0 Å².